The van der Waals surface area contributed by atoms with Crippen LogP contribution in [0.5, 0.6) is 0 Å². The fourth-order valence-corrected chi connectivity index (χ4v) is 19.8. The molecule has 0 fully saturated rings. The summed E-state index contributed by atoms with van der Waals surface area (Å²) in [7, 11) is 0. The number of carbonyl (C=O) groups excluding carboxylic acids is 8. The first-order valence-corrected chi connectivity index (χ1v) is 42.9. The molecule has 0 bridgehead atoms. The van der Waals surface area contributed by atoms with Crippen molar-refractivity contribution in [2.45, 2.75) is 208 Å². The third-order valence-electron chi connectivity index (χ3n) is 25.6. The number of hydrogen-bond donors (Lipinski definition) is 0. The van der Waals surface area contributed by atoms with Crippen LogP contribution in [0.25, 0.3) is 120 Å². The number of amides is 8. The van der Waals surface area contributed by atoms with Gasteiger partial charge in [-0.25, -0.2) is 0 Å². The van der Waals surface area contributed by atoms with Crippen LogP contribution in [0.2, 0.25) is 0 Å². The van der Waals surface area contributed by atoms with Gasteiger partial charge < -0.3 is 0 Å². The van der Waals surface area contributed by atoms with Gasteiger partial charge in [0.2, 0.25) is 0 Å². The molecule has 13 aromatic rings. The largest absolute Gasteiger partial charge is 0.271 e. The van der Waals surface area contributed by atoms with Crippen molar-refractivity contribution in [3.63, 3.8) is 0 Å². The van der Waals surface area contributed by atoms with Crippen LogP contribution in [0.4, 0.5) is 0 Å². The SMILES string of the molecule is CCCCCC(CC)N1C(=O)c2cccc3c(-c4c5ccccc5c(-c5ccc6c7c(cccc57)C(=O)N(C(CC)CCCCC)C6=O)c5ccccc45)ccc(c23)C1=O.CCCCCC(CC)N1C(=O)c2cccc3c(-c4ccc(-c5ccc6c7c(cccc57)C(=O)N(C(CC)CCCCC)C6=O)c5ccccc45)ccc(c23)C1=O. The van der Waals surface area contributed by atoms with Gasteiger partial charge in [-0.1, -0.05) is 290 Å². The Morgan fingerprint density at radius 2 is 0.371 bits per heavy atom. The Balaban J connectivity index is 0.000000174. The molecule has 4 atom stereocenters. The molecule has 116 heavy (non-hydrogen) atoms. The molecule has 0 aliphatic carbocycles. The molecule has 17 rings (SSSR count). The Kier molecular flexibility index (Phi) is 22.4. The van der Waals surface area contributed by atoms with Gasteiger partial charge in [0.25, 0.3) is 47.3 Å². The lowest BCUT2D eigenvalue weighted by atomic mass is 9.81. The normalized spacial score (nSPS) is 15.0. The van der Waals surface area contributed by atoms with Gasteiger partial charge in [-0.05, 0) is 198 Å². The van der Waals surface area contributed by atoms with E-state index in [9.17, 15) is 38.4 Å². The van der Waals surface area contributed by atoms with E-state index in [4.69, 9.17) is 0 Å². The number of carbonyl (C=O) groups is 8. The van der Waals surface area contributed by atoms with Crippen LogP contribution in [0.1, 0.15) is 267 Å². The molecule has 12 nitrogen and oxygen atoms in total. The molecule has 0 saturated carbocycles. The van der Waals surface area contributed by atoms with Gasteiger partial charge in [-0.2, -0.15) is 0 Å². The molecule has 4 heterocycles. The van der Waals surface area contributed by atoms with Gasteiger partial charge in [0, 0.05) is 90.2 Å². The summed E-state index contributed by atoms with van der Waals surface area (Å²) in [4.78, 5) is 120. The number of fused-ring (bicyclic) bond motifs is 3. The molecule has 0 saturated heterocycles. The van der Waals surface area contributed by atoms with E-state index in [1.807, 2.05) is 121 Å². The molecule has 0 N–H and O–H groups in total. The highest BCUT2D eigenvalue weighted by Crippen LogP contribution is 2.51. The van der Waals surface area contributed by atoms with Gasteiger partial charge in [0.15, 0.2) is 0 Å². The van der Waals surface area contributed by atoms with Crippen molar-refractivity contribution in [3.8, 4) is 44.5 Å². The molecule has 0 aromatic heterocycles. The first-order valence-electron chi connectivity index (χ1n) is 42.9. The zero-order chi connectivity index (χ0) is 80.7. The van der Waals surface area contributed by atoms with Crippen molar-refractivity contribution >= 4 is 123 Å². The molecule has 4 aliphatic rings. The van der Waals surface area contributed by atoms with Crippen molar-refractivity contribution in [1.29, 1.82) is 0 Å². The first-order chi connectivity index (χ1) is 56.7. The Hall–Kier alpha value is -11.8. The van der Waals surface area contributed by atoms with Crippen LogP contribution in [0, 0.1) is 0 Å². The number of benzene rings is 13. The fourth-order valence-electron chi connectivity index (χ4n) is 19.8. The monoisotopic (exact) mass is 1530 g/mol. The summed E-state index contributed by atoms with van der Waals surface area (Å²) in [6.07, 6.45) is 18.7. The van der Waals surface area contributed by atoms with Gasteiger partial charge in [-0.15, -0.1) is 0 Å². The van der Waals surface area contributed by atoms with E-state index in [-0.39, 0.29) is 71.4 Å². The summed E-state index contributed by atoms with van der Waals surface area (Å²) in [5, 5.41) is 12.5. The Labute approximate surface area is 679 Å². The number of unbranched alkanes of at least 4 members (excludes halogenated alkanes) is 8. The van der Waals surface area contributed by atoms with E-state index < -0.39 is 0 Å². The van der Waals surface area contributed by atoms with Crippen LogP contribution < -0.4 is 0 Å². The van der Waals surface area contributed by atoms with Gasteiger partial charge in [-0.3, -0.25) is 58.0 Å². The zero-order valence-corrected chi connectivity index (χ0v) is 68.1. The molecule has 12 heteroatoms. The highest BCUT2D eigenvalue weighted by atomic mass is 16.2. The van der Waals surface area contributed by atoms with Crippen LogP contribution in [0.3, 0.4) is 0 Å². The molecule has 586 valence electrons. The maximum absolute atomic E-state index is 14.3. The number of imide groups is 4. The minimum absolute atomic E-state index is 0.129. The molecule has 4 aliphatic heterocycles. The summed E-state index contributed by atoms with van der Waals surface area (Å²) < 4.78 is 0. The lowest BCUT2D eigenvalue weighted by molar-refractivity contribution is 0.0508. The molecule has 13 aromatic carbocycles. The van der Waals surface area contributed by atoms with Gasteiger partial charge >= 0.3 is 0 Å². The topological polar surface area (TPSA) is 150 Å². The molecular weight excluding hydrogens is 1430 g/mol. The predicted molar refractivity (Wildman–Crippen MR) is 472 cm³/mol. The van der Waals surface area contributed by atoms with Crippen molar-refractivity contribution < 1.29 is 38.4 Å². The summed E-state index contributed by atoms with van der Waals surface area (Å²) in [6.45, 7) is 16.9. The number of hydrogen-bond acceptors (Lipinski definition) is 8. The highest BCUT2D eigenvalue weighted by Gasteiger charge is 2.43. The summed E-state index contributed by atoms with van der Waals surface area (Å²) in [6, 6.07) is 68.0. The quantitative estimate of drug-likeness (QED) is 0.0267. The maximum atomic E-state index is 14.3. The standard InChI is InChI=1S/C54H52N2O4.C50H50N2O4/c1-5-9-11-19-33(7-3)55-51(57)43-27-17-25-39-41(29-31-45(49(39)43)53(55)59)47-35-21-13-15-23-37(35)48(38-24-16-14-22-36(38)47)42-30-32-46-50-40(42)26-18-28-44(50)52(58)56(54(46)60)34(8-4)20-12-10-6-2;1-5-9-11-17-31(7-3)51-47(53)41-23-15-21-39-37(27-29-43(45(39)41)49(51)55)35-25-26-36(34-20-14-13-19-33(34)35)38-28-30-44-46-40(38)22-16-24-42(46)48(54)52(50(44)56)32(8-4)18-12-10-6-2/h13-18,21-34H,5-12,19-20H2,1-4H3;13-16,19-32H,5-12,17-18H2,1-4H3. The smallest absolute Gasteiger partial charge is 0.261 e. The molecule has 8 amide bonds. The molecule has 0 radical (unpaired) electrons. The second-order valence-corrected chi connectivity index (χ2v) is 32.3. The van der Waals surface area contributed by atoms with Crippen LogP contribution in [-0.4, -0.2) is 91.0 Å². The zero-order valence-electron chi connectivity index (χ0n) is 68.1. The molecular formula is C104H102N4O8. The lowest BCUT2D eigenvalue weighted by Gasteiger charge is -2.34. The Morgan fingerprint density at radius 3 is 0.595 bits per heavy atom. The minimum atomic E-state index is -0.215. The fraction of sp³-hybridized carbons (Fsp3) is 0.308. The third kappa shape index (κ3) is 13.2. The Morgan fingerprint density at radius 1 is 0.190 bits per heavy atom. The second kappa shape index (κ2) is 33.2. The van der Waals surface area contributed by atoms with Gasteiger partial charge in [0.1, 0.15) is 0 Å². The third-order valence-corrected chi connectivity index (χ3v) is 25.6. The van der Waals surface area contributed by atoms with Crippen molar-refractivity contribution in [2.24, 2.45) is 0 Å². The summed E-state index contributed by atoms with van der Waals surface area (Å²) in [5.41, 5.74) is 12.5. The second-order valence-electron chi connectivity index (χ2n) is 32.3. The number of nitrogens with zero attached hydrogens (tertiary/aromatic N) is 4. The van der Waals surface area contributed by atoms with E-state index in [0.717, 1.165) is 238 Å². The van der Waals surface area contributed by atoms with E-state index in [1.54, 1.807) is 0 Å². The minimum Gasteiger partial charge on any atom is -0.271 e. The Bertz CT molecular complexity index is 5670. The first kappa shape index (κ1) is 78.1. The summed E-state index contributed by atoms with van der Waals surface area (Å²) >= 11 is 0. The van der Waals surface area contributed by atoms with Crippen LogP contribution in [0.15, 0.2) is 206 Å². The maximum Gasteiger partial charge on any atom is 0.261 e. The average Bonchev–Trinajstić information content (AvgIpc) is 0.716. The summed E-state index contributed by atoms with van der Waals surface area (Å²) in [5.74, 6) is -1.70. The van der Waals surface area contributed by atoms with Crippen molar-refractivity contribution in [2.75, 3.05) is 0 Å². The van der Waals surface area contributed by atoms with Crippen molar-refractivity contribution in [3.05, 3.63) is 251 Å². The number of rotatable bonds is 28. The van der Waals surface area contributed by atoms with Crippen molar-refractivity contribution in [1.82, 2.24) is 19.6 Å². The van der Waals surface area contributed by atoms with E-state index in [2.05, 4.69) is 140 Å². The van der Waals surface area contributed by atoms with E-state index in [0.29, 0.717) is 55.3 Å². The molecule has 4 unspecified atom stereocenters. The van der Waals surface area contributed by atoms with E-state index >= 15 is 0 Å². The highest BCUT2D eigenvalue weighted by molar-refractivity contribution is 6.34. The van der Waals surface area contributed by atoms with E-state index in [1.165, 1.54) is 19.6 Å². The molecule has 0 spiro atoms. The van der Waals surface area contributed by atoms with Crippen LogP contribution >= 0.6 is 0 Å². The predicted octanol–water partition coefficient (Wildman–Crippen LogP) is 25.9. The lowest BCUT2D eigenvalue weighted by Crippen LogP contribution is -2.46. The van der Waals surface area contributed by atoms with Gasteiger partial charge in [0.05, 0.1) is 0 Å². The average molecular weight is 1540 g/mol. The van der Waals surface area contributed by atoms with Crippen LogP contribution in [-0.2, 0) is 0 Å².